The van der Waals surface area contributed by atoms with Gasteiger partial charge in [0.1, 0.15) is 11.9 Å². The third-order valence-electron chi connectivity index (χ3n) is 5.47. The fourth-order valence-corrected chi connectivity index (χ4v) is 3.97. The van der Waals surface area contributed by atoms with Gasteiger partial charge in [-0.25, -0.2) is 4.79 Å². The van der Waals surface area contributed by atoms with Gasteiger partial charge in [-0.3, -0.25) is 4.79 Å². The number of hydrogen-bond donors (Lipinski definition) is 0. The average molecular weight is 373 g/mol. The highest BCUT2D eigenvalue weighted by atomic mass is 16.5. The standard InChI is InChI=1S/C21H31N3O3/c1-16-6-4-8-19(14-16)27-18-9-12-23(13-10-18)20(25)17-7-5-11-24(15-17)21(26)22(2)3/h4,6,8,14,17-18H,5,7,9-13,15H2,1-3H3/t17-/m0/s1. The third kappa shape index (κ3) is 4.93. The Hall–Kier alpha value is -2.24. The Kier molecular flexibility index (Phi) is 6.24. The Bertz CT molecular complexity index is 668. The second kappa shape index (κ2) is 8.63. The Morgan fingerprint density at radius 1 is 1.07 bits per heavy atom. The quantitative estimate of drug-likeness (QED) is 0.819. The first-order chi connectivity index (χ1) is 12.9. The number of aryl methyl sites for hydroxylation is 1. The van der Waals surface area contributed by atoms with Crippen LogP contribution in [-0.4, -0.2) is 73.0 Å². The molecule has 2 fully saturated rings. The van der Waals surface area contributed by atoms with E-state index in [1.807, 2.05) is 17.0 Å². The molecule has 1 atom stereocenters. The number of nitrogens with zero attached hydrogens (tertiary/aromatic N) is 3. The molecule has 2 saturated heterocycles. The van der Waals surface area contributed by atoms with Crippen LogP contribution in [0, 0.1) is 12.8 Å². The van der Waals surface area contributed by atoms with Crippen molar-refractivity contribution in [1.82, 2.24) is 14.7 Å². The number of ether oxygens (including phenoxy) is 1. The number of carbonyl (C=O) groups excluding carboxylic acids is 2. The molecule has 0 aromatic heterocycles. The second-order valence-corrected chi connectivity index (χ2v) is 7.92. The zero-order chi connectivity index (χ0) is 19.4. The lowest BCUT2D eigenvalue weighted by atomic mass is 9.95. The summed E-state index contributed by atoms with van der Waals surface area (Å²) in [6.45, 7) is 4.80. The van der Waals surface area contributed by atoms with Crippen molar-refractivity contribution in [3.63, 3.8) is 0 Å². The van der Waals surface area contributed by atoms with Gasteiger partial charge in [0.2, 0.25) is 5.91 Å². The lowest BCUT2D eigenvalue weighted by Gasteiger charge is -2.38. The number of likely N-dealkylation sites (tertiary alicyclic amines) is 2. The predicted molar refractivity (Wildman–Crippen MR) is 105 cm³/mol. The molecular formula is C21H31N3O3. The Morgan fingerprint density at radius 2 is 1.81 bits per heavy atom. The van der Waals surface area contributed by atoms with Crippen LogP contribution in [-0.2, 0) is 4.79 Å². The maximum atomic E-state index is 12.9. The van der Waals surface area contributed by atoms with Crippen molar-refractivity contribution in [1.29, 1.82) is 0 Å². The van der Waals surface area contributed by atoms with E-state index in [9.17, 15) is 9.59 Å². The van der Waals surface area contributed by atoms with Crippen molar-refractivity contribution in [2.75, 3.05) is 40.3 Å². The van der Waals surface area contributed by atoms with Crippen LogP contribution in [0.3, 0.4) is 0 Å². The third-order valence-corrected chi connectivity index (χ3v) is 5.47. The summed E-state index contributed by atoms with van der Waals surface area (Å²) in [6.07, 6.45) is 3.63. The molecule has 27 heavy (non-hydrogen) atoms. The van der Waals surface area contributed by atoms with E-state index >= 15 is 0 Å². The molecule has 0 aliphatic carbocycles. The summed E-state index contributed by atoms with van der Waals surface area (Å²) >= 11 is 0. The van der Waals surface area contributed by atoms with Crippen LogP contribution in [0.1, 0.15) is 31.2 Å². The minimum atomic E-state index is -0.0723. The van der Waals surface area contributed by atoms with Crippen LogP contribution >= 0.6 is 0 Å². The van der Waals surface area contributed by atoms with Crippen LogP contribution < -0.4 is 4.74 Å². The van der Waals surface area contributed by atoms with Gasteiger partial charge in [-0.05, 0) is 37.5 Å². The van der Waals surface area contributed by atoms with Crippen molar-refractivity contribution >= 4 is 11.9 Å². The molecule has 0 radical (unpaired) electrons. The van der Waals surface area contributed by atoms with Gasteiger partial charge >= 0.3 is 6.03 Å². The van der Waals surface area contributed by atoms with Crippen molar-refractivity contribution in [2.24, 2.45) is 5.92 Å². The topological polar surface area (TPSA) is 53.1 Å². The van der Waals surface area contributed by atoms with Gasteiger partial charge in [0, 0.05) is 53.1 Å². The lowest BCUT2D eigenvalue weighted by Crippen LogP contribution is -2.51. The fourth-order valence-electron chi connectivity index (χ4n) is 3.97. The molecule has 6 heteroatoms. The first kappa shape index (κ1) is 19.5. The summed E-state index contributed by atoms with van der Waals surface area (Å²) in [6, 6.07) is 8.10. The molecule has 2 aliphatic rings. The smallest absolute Gasteiger partial charge is 0.319 e. The van der Waals surface area contributed by atoms with E-state index in [-0.39, 0.29) is 24.0 Å². The zero-order valence-electron chi connectivity index (χ0n) is 16.7. The lowest BCUT2D eigenvalue weighted by molar-refractivity contribution is -0.138. The highest BCUT2D eigenvalue weighted by molar-refractivity contribution is 5.81. The predicted octanol–water partition coefficient (Wildman–Crippen LogP) is 2.76. The monoisotopic (exact) mass is 373 g/mol. The van der Waals surface area contributed by atoms with Gasteiger partial charge in [-0.2, -0.15) is 0 Å². The van der Waals surface area contributed by atoms with Gasteiger partial charge in [-0.15, -0.1) is 0 Å². The van der Waals surface area contributed by atoms with Crippen LogP contribution in [0.4, 0.5) is 4.79 Å². The number of rotatable bonds is 3. The van der Waals surface area contributed by atoms with E-state index in [0.29, 0.717) is 6.54 Å². The van der Waals surface area contributed by atoms with Crippen LogP contribution in [0.5, 0.6) is 5.75 Å². The minimum Gasteiger partial charge on any atom is -0.490 e. The molecule has 0 N–H and O–H groups in total. The zero-order valence-corrected chi connectivity index (χ0v) is 16.7. The van der Waals surface area contributed by atoms with E-state index < -0.39 is 0 Å². The second-order valence-electron chi connectivity index (χ2n) is 7.92. The number of hydrogen-bond acceptors (Lipinski definition) is 3. The molecule has 2 heterocycles. The molecule has 0 saturated carbocycles. The number of piperidine rings is 2. The molecule has 148 valence electrons. The molecule has 0 bridgehead atoms. The van der Waals surface area contributed by atoms with Crippen molar-refractivity contribution < 1.29 is 14.3 Å². The Morgan fingerprint density at radius 3 is 2.48 bits per heavy atom. The van der Waals surface area contributed by atoms with Crippen molar-refractivity contribution in [3.05, 3.63) is 29.8 Å². The van der Waals surface area contributed by atoms with Gasteiger partial charge < -0.3 is 19.4 Å². The minimum absolute atomic E-state index is 0.00207. The number of carbonyl (C=O) groups is 2. The molecule has 3 amide bonds. The molecule has 0 spiro atoms. The highest BCUT2D eigenvalue weighted by Crippen LogP contribution is 2.24. The molecule has 1 aromatic rings. The van der Waals surface area contributed by atoms with Gasteiger partial charge in [0.25, 0.3) is 0 Å². The Balaban J connectivity index is 1.50. The number of urea groups is 1. The molecular weight excluding hydrogens is 342 g/mol. The van der Waals surface area contributed by atoms with E-state index in [4.69, 9.17) is 4.74 Å². The summed E-state index contributed by atoms with van der Waals surface area (Å²) in [4.78, 5) is 30.5. The maximum absolute atomic E-state index is 12.9. The summed E-state index contributed by atoms with van der Waals surface area (Å²) in [5, 5.41) is 0. The molecule has 0 unspecified atom stereocenters. The first-order valence-corrected chi connectivity index (χ1v) is 9.92. The number of benzene rings is 1. The summed E-state index contributed by atoms with van der Waals surface area (Å²) in [5.41, 5.74) is 1.19. The average Bonchev–Trinajstić information content (AvgIpc) is 2.67. The highest BCUT2D eigenvalue weighted by Gasteiger charge is 2.33. The first-order valence-electron chi connectivity index (χ1n) is 9.92. The van der Waals surface area contributed by atoms with Crippen LogP contribution in [0.25, 0.3) is 0 Å². The van der Waals surface area contributed by atoms with Crippen molar-refractivity contribution in [2.45, 2.75) is 38.7 Å². The molecule has 2 aliphatic heterocycles. The van der Waals surface area contributed by atoms with Gasteiger partial charge in [-0.1, -0.05) is 12.1 Å². The molecule has 1 aromatic carbocycles. The van der Waals surface area contributed by atoms with Gasteiger partial charge in [0.05, 0.1) is 5.92 Å². The van der Waals surface area contributed by atoms with E-state index in [1.165, 1.54) is 5.56 Å². The summed E-state index contributed by atoms with van der Waals surface area (Å²) in [7, 11) is 3.51. The summed E-state index contributed by atoms with van der Waals surface area (Å²) < 4.78 is 6.09. The molecule has 6 nitrogen and oxygen atoms in total. The number of amides is 3. The van der Waals surface area contributed by atoms with Crippen LogP contribution in [0.15, 0.2) is 24.3 Å². The van der Waals surface area contributed by atoms with Gasteiger partial charge in [0.15, 0.2) is 0 Å². The van der Waals surface area contributed by atoms with Crippen molar-refractivity contribution in [3.8, 4) is 5.75 Å². The van der Waals surface area contributed by atoms with E-state index in [1.54, 1.807) is 23.9 Å². The largest absolute Gasteiger partial charge is 0.490 e. The fraction of sp³-hybridized carbons (Fsp3) is 0.619. The summed E-state index contributed by atoms with van der Waals surface area (Å²) in [5.74, 6) is 1.03. The van der Waals surface area contributed by atoms with Crippen LogP contribution in [0.2, 0.25) is 0 Å². The van der Waals surface area contributed by atoms with E-state index in [2.05, 4.69) is 19.1 Å². The molecule has 3 rings (SSSR count). The van der Waals surface area contributed by atoms with E-state index in [0.717, 1.165) is 51.1 Å². The normalized spacial score (nSPS) is 21.1. The SMILES string of the molecule is Cc1cccc(OC2CCN(C(=O)[C@H]3CCCN(C(=O)N(C)C)C3)CC2)c1. The maximum Gasteiger partial charge on any atom is 0.319 e. The Labute approximate surface area is 162 Å².